The largest absolute Gasteiger partial charge is 0.416 e. The number of nitrogens with one attached hydrogen (secondary N) is 1. The van der Waals surface area contributed by atoms with Crippen molar-refractivity contribution >= 4 is 11.9 Å². The molecule has 1 unspecified atom stereocenters. The zero-order chi connectivity index (χ0) is 20.5. The molecule has 0 aliphatic carbocycles. The SMILES string of the molecule is CCN1C(=O)NC(c2ccccc2C(F)(F)F)C(C(=O)N2CCOCC2)=C1C. The molecule has 152 valence electrons. The fourth-order valence-electron chi connectivity index (χ4n) is 3.62. The summed E-state index contributed by atoms with van der Waals surface area (Å²) in [5.74, 6) is -0.388. The fourth-order valence-corrected chi connectivity index (χ4v) is 3.62. The van der Waals surface area contributed by atoms with Crippen molar-refractivity contribution < 1.29 is 27.5 Å². The van der Waals surface area contributed by atoms with E-state index in [0.717, 1.165) is 6.07 Å². The van der Waals surface area contributed by atoms with Crippen LogP contribution in [-0.2, 0) is 15.7 Å². The number of nitrogens with zero attached hydrogens (tertiary/aromatic N) is 2. The highest BCUT2D eigenvalue weighted by Gasteiger charge is 2.42. The van der Waals surface area contributed by atoms with Crippen LogP contribution in [0.3, 0.4) is 0 Å². The number of hydrogen-bond acceptors (Lipinski definition) is 3. The molecule has 1 fully saturated rings. The highest BCUT2D eigenvalue weighted by Crippen LogP contribution is 2.39. The number of rotatable bonds is 3. The lowest BCUT2D eigenvalue weighted by molar-refractivity contribution is -0.139. The minimum atomic E-state index is -4.61. The topological polar surface area (TPSA) is 61.9 Å². The number of allylic oxidation sites excluding steroid dienone is 1. The lowest BCUT2D eigenvalue weighted by Gasteiger charge is -2.38. The standard InChI is InChI=1S/C19H22F3N3O3/c1-3-25-12(2)15(17(26)24-8-10-28-11-9-24)16(23-18(25)27)13-6-4-5-7-14(13)19(20,21)22/h4-7,16H,3,8-11H2,1-2H3,(H,23,27). The van der Waals surface area contributed by atoms with Gasteiger partial charge in [0.15, 0.2) is 0 Å². The Morgan fingerprint density at radius 3 is 2.50 bits per heavy atom. The Morgan fingerprint density at radius 2 is 1.89 bits per heavy atom. The Morgan fingerprint density at radius 1 is 1.25 bits per heavy atom. The average Bonchev–Trinajstić information content (AvgIpc) is 2.67. The summed E-state index contributed by atoms with van der Waals surface area (Å²) in [5.41, 5.74) is -0.495. The van der Waals surface area contributed by atoms with Crippen LogP contribution in [0.25, 0.3) is 0 Å². The number of hydrogen-bond donors (Lipinski definition) is 1. The molecular formula is C19H22F3N3O3. The maximum absolute atomic E-state index is 13.6. The van der Waals surface area contributed by atoms with Crippen molar-refractivity contribution in [2.45, 2.75) is 26.1 Å². The number of ether oxygens (including phenoxy) is 1. The quantitative estimate of drug-likeness (QED) is 0.853. The van der Waals surface area contributed by atoms with E-state index in [1.54, 1.807) is 18.7 Å². The second-order valence-corrected chi connectivity index (χ2v) is 6.62. The molecule has 3 rings (SSSR count). The predicted molar refractivity (Wildman–Crippen MR) is 95.2 cm³/mol. The van der Waals surface area contributed by atoms with Gasteiger partial charge in [-0.3, -0.25) is 9.69 Å². The molecule has 2 aliphatic heterocycles. The number of halogens is 3. The molecule has 3 amide bonds. The van der Waals surface area contributed by atoms with Crippen LogP contribution in [0.1, 0.15) is 31.0 Å². The number of carbonyl (C=O) groups is 2. The van der Waals surface area contributed by atoms with Gasteiger partial charge in [0.2, 0.25) is 0 Å². The number of urea groups is 1. The van der Waals surface area contributed by atoms with Crippen LogP contribution in [0.15, 0.2) is 35.5 Å². The van der Waals surface area contributed by atoms with Gasteiger partial charge in [0.05, 0.1) is 30.4 Å². The highest BCUT2D eigenvalue weighted by molar-refractivity contribution is 5.98. The lowest BCUT2D eigenvalue weighted by atomic mass is 9.90. The average molecular weight is 397 g/mol. The number of morpholine rings is 1. The molecule has 0 radical (unpaired) electrons. The zero-order valence-corrected chi connectivity index (χ0v) is 15.7. The third-order valence-corrected chi connectivity index (χ3v) is 5.02. The van der Waals surface area contributed by atoms with Crippen LogP contribution in [-0.4, -0.2) is 54.6 Å². The van der Waals surface area contributed by atoms with Gasteiger partial charge in [-0.15, -0.1) is 0 Å². The highest BCUT2D eigenvalue weighted by atomic mass is 19.4. The molecule has 9 heteroatoms. The maximum Gasteiger partial charge on any atom is 0.416 e. The van der Waals surface area contributed by atoms with Crippen molar-refractivity contribution in [1.29, 1.82) is 0 Å². The Kier molecular flexibility index (Phi) is 5.64. The van der Waals surface area contributed by atoms with Gasteiger partial charge in [0.25, 0.3) is 5.91 Å². The molecule has 1 saturated heterocycles. The Hall–Kier alpha value is -2.55. The molecule has 1 aromatic rings. The summed E-state index contributed by atoms with van der Waals surface area (Å²) in [4.78, 5) is 28.6. The van der Waals surface area contributed by atoms with Crippen molar-refractivity contribution in [3.63, 3.8) is 0 Å². The summed E-state index contributed by atoms with van der Waals surface area (Å²) in [6.07, 6.45) is -4.61. The first kappa shape index (κ1) is 20.2. The first-order valence-corrected chi connectivity index (χ1v) is 9.07. The van der Waals surface area contributed by atoms with E-state index in [1.165, 1.54) is 23.1 Å². The molecule has 1 atom stereocenters. The summed E-state index contributed by atoms with van der Waals surface area (Å²) in [5, 5.41) is 2.60. The molecule has 2 heterocycles. The van der Waals surface area contributed by atoms with E-state index in [-0.39, 0.29) is 17.0 Å². The summed E-state index contributed by atoms with van der Waals surface area (Å²) in [7, 11) is 0. The molecule has 6 nitrogen and oxygen atoms in total. The Bertz CT molecular complexity index is 801. The maximum atomic E-state index is 13.6. The third kappa shape index (κ3) is 3.71. The van der Waals surface area contributed by atoms with E-state index < -0.39 is 23.8 Å². The minimum Gasteiger partial charge on any atom is -0.378 e. The van der Waals surface area contributed by atoms with Gasteiger partial charge in [0, 0.05) is 25.3 Å². The van der Waals surface area contributed by atoms with Crippen molar-refractivity contribution in [2.24, 2.45) is 0 Å². The first-order valence-electron chi connectivity index (χ1n) is 9.07. The van der Waals surface area contributed by atoms with Crippen LogP contribution < -0.4 is 5.32 Å². The fraction of sp³-hybridized carbons (Fsp3) is 0.474. The predicted octanol–water partition coefficient (Wildman–Crippen LogP) is 2.92. The Labute approximate surface area is 160 Å². The molecule has 0 saturated carbocycles. The summed E-state index contributed by atoms with van der Waals surface area (Å²) >= 11 is 0. The monoisotopic (exact) mass is 397 g/mol. The second kappa shape index (κ2) is 7.83. The molecule has 0 bridgehead atoms. The summed E-state index contributed by atoms with van der Waals surface area (Å²) < 4.78 is 46.0. The number of carbonyl (C=O) groups excluding carboxylic acids is 2. The molecule has 1 aromatic carbocycles. The van der Waals surface area contributed by atoms with Gasteiger partial charge in [-0.25, -0.2) is 4.79 Å². The van der Waals surface area contributed by atoms with Crippen molar-refractivity contribution in [3.8, 4) is 0 Å². The normalized spacial score (nSPS) is 21.0. The van der Waals surface area contributed by atoms with Gasteiger partial charge in [-0.1, -0.05) is 18.2 Å². The van der Waals surface area contributed by atoms with E-state index in [1.807, 2.05) is 0 Å². The minimum absolute atomic E-state index is 0.143. The van der Waals surface area contributed by atoms with E-state index in [2.05, 4.69) is 5.32 Å². The van der Waals surface area contributed by atoms with Crippen LogP contribution in [0.2, 0.25) is 0 Å². The van der Waals surface area contributed by atoms with Gasteiger partial charge < -0.3 is 15.0 Å². The van der Waals surface area contributed by atoms with Crippen LogP contribution in [0.4, 0.5) is 18.0 Å². The summed E-state index contributed by atoms with van der Waals surface area (Å²) in [6.45, 7) is 5.07. The second-order valence-electron chi connectivity index (χ2n) is 6.62. The number of benzene rings is 1. The molecule has 0 aromatic heterocycles. The molecule has 0 spiro atoms. The lowest BCUT2D eigenvalue weighted by Crippen LogP contribution is -2.51. The first-order chi connectivity index (χ1) is 13.3. The van der Waals surface area contributed by atoms with Crippen molar-refractivity contribution in [1.82, 2.24) is 15.1 Å². The van der Waals surface area contributed by atoms with E-state index in [9.17, 15) is 22.8 Å². The van der Waals surface area contributed by atoms with Crippen LogP contribution in [0, 0.1) is 0 Å². The van der Waals surface area contributed by atoms with Crippen molar-refractivity contribution in [3.05, 3.63) is 46.7 Å². The third-order valence-electron chi connectivity index (χ3n) is 5.02. The summed E-state index contributed by atoms with van der Waals surface area (Å²) in [6, 6.07) is 3.31. The van der Waals surface area contributed by atoms with Crippen LogP contribution in [0.5, 0.6) is 0 Å². The van der Waals surface area contributed by atoms with Gasteiger partial charge in [0.1, 0.15) is 0 Å². The molecule has 28 heavy (non-hydrogen) atoms. The van der Waals surface area contributed by atoms with E-state index in [4.69, 9.17) is 4.74 Å². The van der Waals surface area contributed by atoms with Crippen LogP contribution >= 0.6 is 0 Å². The smallest absolute Gasteiger partial charge is 0.378 e. The number of alkyl halides is 3. The van der Waals surface area contributed by atoms with Crippen molar-refractivity contribution in [2.75, 3.05) is 32.8 Å². The zero-order valence-electron chi connectivity index (χ0n) is 15.7. The van der Waals surface area contributed by atoms with Gasteiger partial charge >= 0.3 is 12.2 Å². The Balaban J connectivity index is 2.12. The number of amides is 3. The molecule has 1 N–H and O–H groups in total. The molecule has 2 aliphatic rings. The molecular weight excluding hydrogens is 375 g/mol. The van der Waals surface area contributed by atoms with E-state index in [0.29, 0.717) is 38.5 Å². The van der Waals surface area contributed by atoms with E-state index >= 15 is 0 Å². The van der Waals surface area contributed by atoms with Gasteiger partial charge in [-0.2, -0.15) is 13.2 Å². The van der Waals surface area contributed by atoms with Gasteiger partial charge in [-0.05, 0) is 25.5 Å².